The largest absolute Gasteiger partial charge is 0.349 e. The Balaban J connectivity index is 1.27. The molecule has 1 unspecified atom stereocenters. The minimum Gasteiger partial charge on any atom is -0.349 e. The van der Waals surface area contributed by atoms with Crippen molar-refractivity contribution in [2.45, 2.75) is 76.0 Å². The monoisotopic (exact) mass is 461 g/mol. The van der Waals surface area contributed by atoms with Gasteiger partial charge in [0.1, 0.15) is 0 Å². The highest BCUT2D eigenvalue weighted by Crippen LogP contribution is 2.39. The molecule has 4 aliphatic rings. The van der Waals surface area contributed by atoms with Crippen molar-refractivity contribution < 1.29 is 18.0 Å². The number of piperidine rings is 2. The third kappa shape index (κ3) is 3.83. The lowest BCUT2D eigenvalue weighted by Crippen LogP contribution is -2.57. The van der Waals surface area contributed by atoms with Gasteiger partial charge in [0.2, 0.25) is 5.91 Å². The van der Waals surface area contributed by atoms with Crippen molar-refractivity contribution in [3.05, 3.63) is 28.8 Å². The Morgan fingerprint density at radius 1 is 1.12 bits per heavy atom. The van der Waals surface area contributed by atoms with E-state index in [1.54, 1.807) is 14.7 Å². The summed E-state index contributed by atoms with van der Waals surface area (Å²) in [6.45, 7) is 2.83. The standard InChI is InChI=1S/C22H31N5O4S/c1-13-8-20-14(10-21(28)25-20)9-19(13)22(29)24-16-11-17-2-3-18(12-16)27(17)32(30,31)26-6-4-15(23)5-7-26/h8-9,15-18H,2-7,10-12,23H2,1H3,(H,24,29)(H,25,28)/t16?,17-,18+. The van der Waals surface area contributed by atoms with E-state index >= 15 is 0 Å². The fourth-order valence-electron chi connectivity index (χ4n) is 5.76. The maximum atomic E-state index is 13.3. The number of hydrogen-bond donors (Lipinski definition) is 3. The molecule has 3 saturated heterocycles. The van der Waals surface area contributed by atoms with Crippen LogP contribution in [-0.4, -0.2) is 66.1 Å². The van der Waals surface area contributed by atoms with E-state index in [1.807, 2.05) is 13.0 Å². The molecule has 1 aromatic carbocycles. The third-order valence-electron chi connectivity index (χ3n) is 7.41. The van der Waals surface area contributed by atoms with Gasteiger partial charge in [-0.2, -0.15) is 17.0 Å². The minimum atomic E-state index is -3.51. The molecule has 5 rings (SSSR count). The number of benzene rings is 1. The van der Waals surface area contributed by atoms with Crippen molar-refractivity contribution in [2.24, 2.45) is 5.73 Å². The van der Waals surface area contributed by atoms with Gasteiger partial charge in [-0.15, -0.1) is 0 Å². The number of hydrogen-bond acceptors (Lipinski definition) is 5. The van der Waals surface area contributed by atoms with E-state index in [2.05, 4.69) is 10.6 Å². The topological polar surface area (TPSA) is 125 Å². The van der Waals surface area contributed by atoms with Crippen LogP contribution in [0.15, 0.2) is 12.1 Å². The molecule has 0 aliphatic carbocycles. The van der Waals surface area contributed by atoms with Gasteiger partial charge in [0.25, 0.3) is 16.1 Å². The second-order valence-corrected chi connectivity index (χ2v) is 11.5. The number of amides is 2. The first kappa shape index (κ1) is 21.8. The molecular weight excluding hydrogens is 430 g/mol. The molecule has 0 aromatic heterocycles. The van der Waals surface area contributed by atoms with Crippen LogP contribution in [0.4, 0.5) is 5.69 Å². The smallest absolute Gasteiger partial charge is 0.282 e. The number of rotatable bonds is 4. The summed E-state index contributed by atoms with van der Waals surface area (Å²) >= 11 is 0. The van der Waals surface area contributed by atoms with E-state index in [-0.39, 0.29) is 42.4 Å². The Kier molecular flexibility index (Phi) is 5.51. The Morgan fingerprint density at radius 3 is 2.44 bits per heavy atom. The molecule has 4 N–H and O–H groups in total. The summed E-state index contributed by atoms with van der Waals surface area (Å²) in [6, 6.07) is 3.50. The highest BCUT2D eigenvalue weighted by molar-refractivity contribution is 7.86. The van der Waals surface area contributed by atoms with E-state index in [0.29, 0.717) is 44.3 Å². The van der Waals surface area contributed by atoms with Crippen molar-refractivity contribution in [3.8, 4) is 0 Å². The van der Waals surface area contributed by atoms with Gasteiger partial charge in [-0.3, -0.25) is 9.59 Å². The van der Waals surface area contributed by atoms with Crippen LogP contribution in [-0.2, 0) is 21.4 Å². The highest BCUT2D eigenvalue weighted by Gasteiger charge is 2.49. The third-order valence-corrected chi connectivity index (χ3v) is 9.56. The molecule has 3 atom stereocenters. The SMILES string of the molecule is Cc1cc2c(cc1C(=O)NC1C[C@H]3CC[C@@H](C1)N3S(=O)(=O)N1CCC(N)CC1)CC(=O)N2. The summed E-state index contributed by atoms with van der Waals surface area (Å²) in [5.74, 6) is -0.215. The Hall–Kier alpha value is -2.01. The average Bonchev–Trinajstić information content (AvgIpc) is 3.23. The van der Waals surface area contributed by atoms with Crippen LogP contribution in [0.3, 0.4) is 0 Å². The molecule has 32 heavy (non-hydrogen) atoms. The number of aryl methyl sites for hydroxylation is 1. The Morgan fingerprint density at radius 2 is 1.78 bits per heavy atom. The second-order valence-electron chi connectivity index (χ2n) is 9.65. The lowest BCUT2D eigenvalue weighted by molar-refractivity contribution is -0.115. The molecule has 174 valence electrons. The maximum absolute atomic E-state index is 13.3. The molecule has 2 amide bonds. The predicted molar refractivity (Wildman–Crippen MR) is 120 cm³/mol. The molecule has 2 bridgehead atoms. The fraction of sp³-hybridized carbons (Fsp3) is 0.636. The average molecular weight is 462 g/mol. The summed E-state index contributed by atoms with van der Waals surface area (Å²) in [5, 5.41) is 5.95. The van der Waals surface area contributed by atoms with Crippen molar-refractivity contribution in [1.82, 2.24) is 13.9 Å². The van der Waals surface area contributed by atoms with Crippen LogP contribution in [0, 0.1) is 6.92 Å². The lowest BCUT2D eigenvalue weighted by Gasteiger charge is -2.41. The molecule has 3 fully saturated rings. The van der Waals surface area contributed by atoms with Crippen LogP contribution >= 0.6 is 0 Å². The Bertz CT molecular complexity index is 1040. The van der Waals surface area contributed by atoms with E-state index < -0.39 is 10.2 Å². The van der Waals surface area contributed by atoms with E-state index in [0.717, 1.165) is 29.7 Å². The second kappa shape index (κ2) is 8.09. The number of carbonyl (C=O) groups excluding carboxylic acids is 2. The molecule has 0 spiro atoms. The molecule has 9 nitrogen and oxygen atoms in total. The molecule has 10 heteroatoms. The van der Waals surface area contributed by atoms with Gasteiger partial charge in [0.15, 0.2) is 0 Å². The summed E-state index contributed by atoms with van der Waals surface area (Å²) in [6.07, 6.45) is 4.59. The van der Waals surface area contributed by atoms with Crippen LogP contribution < -0.4 is 16.4 Å². The van der Waals surface area contributed by atoms with Gasteiger partial charge < -0.3 is 16.4 Å². The van der Waals surface area contributed by atoms with Gasteiger partial charge in [-0.25, -0.2) is 0 Å². The van der Waals surface area contributed by atoms with Crippen molar-refractivity contribution in [3.63, 3.8) is 0 Å². The number of fused-ring (bicyclic) bond motifs is 3. The lowest BCUT2D eigenvalue weighted by atomic mass is 9.98. The van der Waals surface area contributed by atoms with E-state index in [4.69, 9.17) is 5.73 Å². The number of anilines is 1. The molecule has 4 aliphatic heterocycles. The van der Waals surface area contributed by atoms with Gasteiger partial charge in [0.05, 0.1) is 6.42 Å². The van der Waals surface area contributed by atoms with Gasteiger partial charge in [-0.1, -0.05) is 0 Å². The summed E-state index contributed by atoms with van der Waals surface area (Å²) in [5.41, 5.74) is 8.96. The summed E-state index contributed by atoms with van der Waals surface area (Å²) in [7, 11) is -3.51. The zero-order valence-corrected chi connectivity index (χ0v) is 19.2. The first-order valence-electron chi connectivity index (χ1n) is 11.5. The van der Waals surface area contributed by atoms with Crippen LogP contribution in [0.2, 0.25) is 0 Å². The molecule has 4 heterocycles. The minimum absolute atomic E-state index is 0.0576. The number of carbonyl (C=O) groups is 2. The molecule has 1 aromatic rings. The van der Waals surface area contributed by atoms with E-state index in [1.165, 1.54) is 0 Å². The van der Waals surface area contributed by atoms with Gasteiger partial charge >= 0.3 is 0 Å². The number of nitrogens with one attached hydrogen (secondary N) is 2. The van der Waals surface area contributed by atoms with Crippen LogP contribution in [0.25, 0.3) is 0 Å². The normalized spacial score (nSPS) is 29.1. The van der Waals surface area contributed by atoms with Gasteiger partial charge in [-0.05, 0) is 68.7 Å². The van der Waals surface area contributed by atoms with Crippen LogP contribution in [0.5, 0.6) is 0 Å². The predicted octanol–water partition coefficient (Wildman–Crippen LogP) is 0.883. The summed E-state index contributed by atoms with van der Waals surface area (Å²) in [4.78, 5) is 24.7. The van der Waals surface area contributed by atoms with Crippen molar-refractivity contribution in [2.75, 3.05) is 18.4 Å². The van der Waals surface area contributed by atoms with E-state index in [9.17, 15) is 18.0 Å². The zero-order chi connectivity index (χ0) is 22.6. The number of nitrogens with zero attached hydrogens (tertiary/aromatic N) is 2. The maximum Gasteiger partial charge on any atom is 0.282 e. The van der Waals surface area contributed by atoms with Crippen molar-refractivity contribution in [1.29, 1.82) is 0 Å². The van der Waals surface area contributed by atoms with Crippen molar-refractivity contribution >= 4 is 27.7 Å². The molecular formula is C22H31N5O4S. The first-order valence-corrected chi connectivity index (χ1v) is 12.9. The molecule has 0 radical (unpaired) electrons. The fourth-order valence-corrected chi connectivity index (χ4v) is 7.83. The van der Waals surface area contributed by atoms with Crippen LogP contribution in [0.1, 0.15) is 60.0 Å². The summed E-state index contributed by atoms with van der Waals surface area (Å²) < 4.78 is 30.0. The molecule has 0 saturated carbocycles. The number of nitrogens with two attached hydrogens (primary N) is 1. The van der Waals surface area contributed by atoms with Gasteiger partial charge in [0, 0.05) is 48.5 Å². The first-order chi connectivity index (χ1) is 15.2. The zero-order valence-electron chi connectivity index (χ0n) is 18.3. The quantitative estimate of drug-likeness (QED) is 0.614. The highest BCUT2D eigenvalue weighted by atomic mass is 32.2. The Labute approximate surface area is 188 Å².